The van der Waals surface area contributed by atoms with Crippen molar-refractivity contribution in [2.45, 2.75) is 12.8 Å². The molecule has 140 valence electrons. The fourth-order valence-corrected chi connectivity index (χ4v) is 5.10. The van der Waals surface area contributed by atoms with Gasteiger partial charge < -0.3 is 14.7 Å². The van der Waals surface area contributed by atoms with Gasteiger partial charge in [-0.05, 0) is 12.5 Å². The number of amides is 1. The average molecular weight is 434 g/mol. The van der Waals surface area contributed by atoms with E-state index >= 15 is 0 Å². The number of aliphatic carboxylic acids is 1. The Morgan fingerprint density at radius 2 is 2.15 bits per heavy atom. The summed E-state index contributed by atoms with van der Waals surface area (Å²) in [5.41, 5.74) is 0. The number of hydrogen-bond donors (Lipinski definition) is 1. The molecular weight excluding hydrogens is 418 g/mol. The van der Waals surface area contributed by atoms with E-state index in [9.17, 15) is 9.59 Å². The van der Waals surface area contributed by atoms with E-state index < -0.39 is 5.97 Å². The second-order valence-corrected chi connectivity index (χ2v) is 8.62. The standard InChI is InChI=1S/C15H16ClN3O4S3/c16-12-9(25-14(17-12)18-4-6-23-7-5-18)8-10-13(22)19(15(24)26-10)3-1-2-11(20)21/h8H,1-7H2,(H,20,21). The molecule has 11 heteroatoms. The maximum Gasteiger partial charge on any atom is 0.303 e. The summed E-state index contributed by atoms with van der Waals surface area (Å²) in [6.07, 6.45) is 2.07. The molecule has 0 saturated carbocycles. The lowest BCUT2D eigenvalue weighted by Crippen LogP contribution is -2.36. The van der Waals surface area contributed by atoms with Gasteiger partial charge in [-0.25, -0.2) is 4.98 Å². The number of anilines is 1. The molecule has 1 N–H and O–H groups in total. The number of thioether (sulfide) groups is 1. The van der Waals surface area contributed by atoms with Gasteiger partial charge in [0.1, 0.15) is 9.47 Å². The summed E-state index contributed by atoms with van der Waals surface area (Å²) in [5, 5.41) is 9.88. The molecule has 3 rings (SSSR count). The highest BCUT2D eigenvalue weighted by Crippen LogP contribution is 2.37. The van der Waals surface area contributed by atoms with Crippen LogP contribution in [-0.4, -0.2) is 64.0 Å². The van der Waals surface area contributed by atoms with Crippen molar-refractivity contribution < 1.29 is 19.4 Å². The Morgan fingerprint density at radius 1 is 1.42 bits per heavy atom. The molecular formula is C15H16ClN3O4S3. The number of hydrogen-bond acceptors (Lipinski definition) is 8. The van der Waals surface area contributed by atoms with E-state index in [-0.39, 0.29) is 12.3 Å². The minimum Gasteiger partial charge on any atom is -0.481 e. The van der Waals surface area contributed by atoms with Crippen LogP contribution in [0.5, 0.6) is 0 Å². The molecule has 1 aromatic heterocycles. The van der Waals surface area contributed by atoms with Crippen LogP contribution in [0.2, 0.25) is 5.15 Å². The third kappa shape index (κ3) is 4.55. The van der Waals surface area contributed by atoms with Crippen LogP contribution in [0.25, 0.3) is 6.08 Å². The Labute approximate surface area is 169 Å². The van der Waals surface area contributed by atoms with Gasteiger partial charge in [0.15, 0.2) is 5.13 Å². The van der Waals surface area contributed by atoms with Crippen LogP contribution in [0.3, 0.4) is 0 Å². The molecule has 1 aromatic rings. The number of morpholine rings is 1. The zero-order valence-corrected chi connectivity index (χ0v) is 16.8. The van der Waals surface area contributed by atoms with Crippen molar-refractivity contribution in [3.63, 3.8) is 0 Å². The van der Waals surface area contributed by atoms with E-state index in [1.807, 2.05) is 0 Å². The van der Waals surface area contributed by atoms with Crippen molar-refractivity contribution >= 4 is 74.3 Å². The van der Waals surface area contributed by atoms with Crippen molar-refractivity contribution in [1.82, 2.24) is 9.88 Å². The van der Waals surface area contributed by atoms with E-state index in [1.165, 1.54) is 28.0 Å². The molecule has 7 nitrogen and oxygen atoms in total. The van der Waals surface area contributed by atoms with E-state index in [0.717, 1.165) is 18.2 Å². The van der Waals surface area contributed by atoms with Crippen LogP contribution in [0, 0.1) is 0 Å². The minimum absolute atomic E-state index is 0.000308. The molecule has 0 radical (unpaired) electrons. The summed E-state index contributed by atoms with van der Waals surface area (Å²) in [6.45, 7) is 3.12. The highest BCUT2D eigenvalue weighted by molar-refractivity contribution is 8.26. The van der Waals surface area contributed by atoms with Gasteiger partial charge in [-0.1, -0.05) is 46.9 Å². The number of thiazole rings is 1. The first-order chi connectivity index (χ1) is 12.5. The SMILES string of the molecule is O=C(O)CCCN1C(=O)C(=Cc2sc(N3CCOCC3)nc2Cl)SC1=S. The third-order valence-corrected chi connectivity index (χ3v) is 6.63. The van der Waals surface area contributed by atoms with E-state index in [4.69, 9.17) is 33.7 Å². The largest absolute Gasteiger partial charge is 0.481 e. The third-order valence-electron chi connectivity index (χ3n) is 3.79. The summed E-state index contributed by atoms with van der Waals surface area (Å²) in [6, 6.07) is 0. The summed E-state index contributed by atoms with van der Waals surface area (Å²) < 4.78 is 5.77. The lowest BCUT2D eigenvalue weighted by Gasteiger charge is -2.25. The van der Waals surface area contributed by atoms with Gasteiger partial charge in [0, 0.05) is 26.1 Å². The Bertz CT molecular complexity index is 761. The molecule has 26 heavy (non-hydrogen) atoms. The number of carboxylic acid groups (broad SMARTS) is 1. The highest BCUT2D eigenvalue weighted by atomic mass is 35.5. The predicted octanol–water partition coefficient (Wildman–Crippen LogP) is 2.70. The second-order valence-electron chi connectivity index (χ2n) is 5.58. The molecule has 3 heterocycles. The number of thiocarbonyl (C=S) groups is 1. The monoisotopic (exact) mass is 433 g/mol. The Balaban J connectivity index is 1.71. The Kier molecular flexibility index (Phi) is 6.51. The van der Waals surface area contributed by atoms with Crippen molar-refractivity contribution in [1.29, 1.82) is 0 Å². The number of rotatable bonds is 6. The summed E-state index contributed by atoms with van der Waals surface area (Å²) in [5.74, 6) is -1.11. The number of aromatic nitrogens is 1. The smallest absolute Gasteiger partial charge is 0.303 e. The van der Waals surface area contributed by atoms with Crippen LogP contribution in [0.15, 0.2) is 4.91 Å². The van der Waals surface area contributed by atoms with Gasteiger partial charge in [-0.3, -0.25) is 14.5 Å². The molecule has 2 saturated heterocycles. The second kappa shape index (κ2) is 8.66. The van der Waals surface area contributed by atoms with Crippen molar-refractivity contribution in [2.24, 2.45) is 0 Å². The van der Waals surface area contributed by atoms with Crippen molar-refractivity contribution in [3.8, 4) is 0 Å². The maximum atomic E-state index is 12.5. The van der Waals surface area contributed by atoms with E-state index in [2.05, 4.69) is 9.88 Å². The van der Waals surface area contributed by atoms with Crippen LogP contribution in [0.1, 0.15) is 17.7 Å². The number of ether oxygens (including phenoxy) is 1. The molecule has 0 atom stereocenters. The van der Waals surface area contributed by atoms with Crippen molar-refractivity contribution in [3.05, 3.63) is 14.9 Å². The van der Waals surface area contributed by atoms with E-state index in [1.54, 1.807) is 6.08 Å². The molecule has 0 bridgehead atoms. The van der Waals surface area contributed by atoms with Gasteiger partial charge in [0.25, 0.3) is 5.91 Å². The molecule has 2 aliphatic rings. The Morgan fingerprint density at radius 3 is 2.85 bits per heavy atom. The van der Waals surface area contributed by atoms with Gasteiger partial charge >= 0.3 is 5.97 Å². The summed E-state index contributed by atoms with van der Waals surface area (Å²) in [7, 11) is 0. The normalized spacial score (nSPS) is 19.7. The van der Waals surface area contributed by atoms with Crippen molar-refractivity contribution in [2.75, 3.05) is 37.7 Å². The number of nitrogens with zero attached hydrogens (tertiary/aromatic N) is 3. The minimum atomic E-state index is -0.891. The molecule has 2 fully saturated rings. The molecule has 0 aromatic carbocycles. The van der Waals surface area contributed by atoms with E-state index in [0.29, 0.717) is 45.4 Å². The average Bonchev–Trinajstić information content (AvgIpc) is 3.10. The molecule has 0 aliphatic carbocycles. The fourth-order valence-electron chi connectivity index (χ4n) is 2.48. The fraction of sp³-hybridized carbons (Fsp3) is 0.467. The molecule has 1 amide bonds. The summed E-state index contributed by atoms with van der Waals surface area (Å²) >= 11 is 14.1. The quantitative estimate of drug-likeness (QED) is 0.541. The molecule has 2 aliphatic heterocycles. The van der Waals surface area contributed by atoms with Crippen LogP contribution >= 0.6 is 46.9 Å². The zero-order chi connectivity index (χ0) is 18.7. The first kappa shape index (κ1) is 19.6. The van der Waals surface area contributed by atoms with Gasteiger partial charge in [0.05, 0.1) is 23.0 Å². The summed E-state index contributed by atoms with van der Waals surface area (Å²) in [4.78, 5) is 32.3. The topological polar surface area (TPSA) is 83.0 Å². The number of carboxylic acids is 1. The highest BCUT2D eigenvalue weighted by Gasteiger charge is 2.32. The van der Waals surface area contributed by atoms with Gasteiger partial charge in [-0.15, -0.1) is 0 Å². The predicted molar refractivity (Wildman–Crippen MR) is 107 cm³/mol. The zero-order valence-electron chi connectivity index (χ0n) is 13.6. The first-order valence-corrected chi connectivity index (χ1v) is 10.3. The number of carbonyl (C=O) groups is 2. The lowest BCUT2D eigenvalue weighted by atomic mass is 10.3. The first-order valence-electron chi connectivity index (χ1n) is 7.92. The van der Waals surface area contributed by atoms with Crippen LogP contribution in [0.4, 0.5) is 5.13 Å². The number of halogens is 1. The number of carbonyl (C=O) groups excluding carboxylic acids is 1. The van der Waals surface area contributed by atoms with Gasteiger partial charge in [-0.2, -0.15) is 0 Å². The lowest BCUT2D eigenvalue weighted by molar-refractivity contribution is -0.137. The van der Waals surface area contributed by atoms with Crippen LogP contribution in [-0.2, 0) is 14.3 Å². The molecule has 0 spiro atoms. The van der Waals surface area contributed by atoms with Gasteiger partial charge in [0.2, 0.25) is 0 Å². The Hall–Kier alpha value is -1.20. The maximum absolute atomic E-state index is 12.5. The van der Waals surface area contributed by atoms with Crippen LogP contribution < -0.4 is 4.90 Å². The molecule has 0 unspecified atom stereocenters.